The molecule has 0 saturated carbocycles. The van der Waals surface area contributed by atoms with Gasteiger partial charge >= 0.3 is 0 Å². The van der Waals surface area contributed by atoms with Gasteiger partial charge in [-0.15, -0.1) is 12.4 Å². The Morgan fingerprint density at radius 3 is 2.68 bits per heavy atom. The molecule has 0 aliphatic carbocycles. The number of pyridine rings is 1. The van der Waals surface area contributed by atoms with Crippen LogP contribution in [0.2, 0.25) is 0 Å². The maximum atomic E-state index is 12.4. The van der Waals surface area contributed by atoms with E-state index in [1.807, 2.05) is 35.2 Å². The SMILES string of the molecule is Cl.O=C(c1nccc2ccccc12)N1CCNCC1. The molecule has 1 aromatic carbocycles. The molecular weight excluding hydrogens is 262 g/mol. The Labute approximate surface area is 118 Å². The van der Waals surface area contributed by atoms with Crippen molar-refractivity contribution in [3.05, 3.63) is 42.2 Å². The van der Waals surface area contributed by atoms with Crippen LogP contribution in [-0.4, -0.2) is 42.0 Å². The van der Waals surface area contributed by atoms with Crippen molar-refractivity contribution in [1.29, 1.82) is 0 Å². The Balaban J connectivity index is 0.00000133. The number of benzene rings is 1. The summed E-state index contributed by atoms with van der Waals surface area (Å²) >= 11 is 0. The Morgan fingerprint density at radius 1 is 1.16 bits per heavy atom. The van der Waals surface area contributed by atoms with Crippen molar-refractivity contribution in [2.45, 2.75) is 0 Å². The number of carbonyl (C=O) groups excluding carboxylic acids is 1. The summed E-state index contributed by atoms with van der Waals surface area (Å²) in [5.41, 5.74) is 0.565. The van der Waals surface area contributed by atoms with Crippen molar-refractivity contribution >= 4 is 29.1 Å². The van der Waals surface area contributed by atoms with Gasteiger partial charge in [-0.05, 0) is 11.5 Å². The summed E-state index contributed by atoms with van der Waals surface area (Å²) < 4.78 is 0. The minimum absolute atomic E-state index is 0. The van der Waals surface area contributed by atoms with Crippen LogP contribution in [-0.2, 0) is 0 Å². The van der Waals surface area contributed by atoms with E-state index in [1.54, 1.807) is 6.20 Å². The third-order valence-corrected chi connectivity index (χ3v) is 3.28. The van der Waals surface area contributed by atoms with Gasteiger partial charge in [-0.3, -0.25) is 9.78 Å². The number of carbonyl (C=O) groups is 1. The fraction of sp³-hybridized carbons (Fsp3) is 0.286. The molecule has 0 atom stereocenters. The minimum atomic E-state index is 0. The zero-order valence-corrected chi connectivity index (χ0v) is 11.3. The van der Waals surface area contributed by atoms with E-state index in [9.17, 15) is 4.79 Å². The zero-order chi connectivity index (χ0) is 12.4. The van der Waals surface area contributed by atoms with Gasteiger partial charge in [0.1, 0.15) is 5.69 Å². The monoisotopic (exact) mass is 277 g/mol. The summed E-state index contributed by atoms with van der Waals surface area (Å²) in [7, 11) is 0. The number of halogens is 1. The highest BCUT2D eigenvalue weighted by Gasteiger charge is 2.20. The van der Waals surface area contributed by atoms with Crippen molar-refractivity contribution < 1.29 is 4.79 Å². The van der Waals surface area contributed by atoms with E-state index < -0.39 is 0 Å². The molecule has 19 heavy (non-hydrogen) atoms. The number of amides is 1. The van der Waals surface area contributed by atoms with Gasteiger partial charge in [0.15, 0.2) is 0 Å². The first kappa shape index (κ1) is 13.8. The minimum Gasteiger partial charge on any atom is -0.335 e. The average molecular weight is 278 g/mol. The van der Waals surface area contributed by atoms with E-state index in [1.165, 1.54) is 0 Å². The Bertz CT molecular complexity index is 576. The van der Waals surface area contributed by atoms with Gasteiger partial charge in [-0.1, -0.05) is 24.3 Å². The molecule has 1 saturated heterocycles. The van der Waals surface area contributed by atoms with Gasteiger partial charge in [0.25, 0.3) is 5.91 Å². The maximum Gasteiger partial charge on any atom is 0.273 e. The predicted octanol–water partition coefficient (Wildman–Crippen LogP) is 1.70. The number of piperazine rings is 1. The Hall–Kier alpha value is -1.65. The topological polar surface area (TPSA) is 45.2 Å². The summed E-state index contributed by atoms with van der Waals surface area (Å²) in [5, 5.41) is 5.24. The van der Waals surface area contributed by atoms with Crippen LogP contribution in [0.1, 0.15) is 10.5 Å². The lowest BCUT2D eigenvalue weighted by Gasteiger charge is -2.27. The smallest absolute Gasteiger partial charge is 0.273 e. The molecular formula is C14H16ClN3O. The van der Waals surface area contributed by atoms with Crippen LogP contribution in [0.3, 0.4) is 0 Å². The summed E-state index contributed by atoms with van der Waals surface area (Å²) in [6, 6.07) is 9.81. The first-order valence-electron chi connectivity index (χ1n) is 6.20. The first-order chi connectivity index (χ1) is 8.86. The second-order valence-electron chi connectivity index (χ2n) is 4.42. The quantitative estimate of drug-likeness (QED) is 0.863. The van der Waals surface area contributed by atoms with Crippen molar-refractivity contribution in [2.75, 3.05) is 26.2 Å². The van der Waals surface area contributed by atoms with Crippen LogP contribution in [0.5, 0.6) is 0 Å². The highest BCUT2D eigenvalue weighted by atomic mass is 35.5. The molecule has 0 radical (unpaired) electrons. The average Bonchev–Trinajstić information content (AvgIpc) is 2.47. The van der Waals surface area contributed by atoms with Gasteiger partial charge in [0.2, 0.25) is 0 Å². The van der Waals surface area contributed by atoms with Gasteiger partial charge in [-0.25, -0.2) is 0 Å². The van der Waals surface area contributed by atoms with Crippen LogP contribution in [0, 0.1) is 0 Å². The largest absolute Gasteiger partial charge is 0.335 e. The molecule has 4 nitrogen and oxygen atoms in total. The molecule has 1 N–H and O–H groups in total. The number of hydrogen-bond acceptors (Lipinski definition) is 3. The number of rotatable bonds is 1. The summed E-state index contributed by atoms with van der Waals surface area (Å²) in [5.74, 6) is 0.0355. The number of nitrogens with one attached hydrogen (secondary N) is 1. The lowest BCUT2D eigenvalue weighted by Crippen LogP contribution is -2.46. The molecule has 1 aromatic heterocycles. The molecule has 1 aliphatic rings. The van der Waals surface area contributed by atoms with Crippen molar-refractivity contribution in [1.82, 2.24) is 15.2 Å². The van der Waals surface area contributed by atoms with Gasteiger partial charge in [0.05, 0.1) is 0 Å². The molecule has 0 spiro atoms. The third kappa shape index (κ3) is 2.69. The first-order valence-corrected chi connectivity index (χ1v) is 6.20. The number of hydrogen-bond donors (Lipinski definition) is 1. The van der Waals surface area contributed by atoms with Gasteiger partial charge in [-0.2, -0.15) is 0 Å². The standard InChI is InChI=1S/C14H15N3O.ClH/c18-14(17-9-7-15-8-10-17)13-12-4-2-1-3-11(12)5-6-16-13;/h1-6,15H,7-10H2;1H. The molecule has 0 bridgehead atoms. The van der Waals surface area contributed by atoms with E-state index in [0.717, 1.165) is 37.0 Å². The van der Waals surface area contributed by atoms with Crippen LogP contribution < -0.4 is 5.32 Å². The normalized spacial score (nSPS) is 15.1. The number of nitrogens with zero attached hydrogens (tertiary/aromatic N) is 2. The summed E-state index contributed by atoms with van der Waals surface area (Å²) in [4.78, 5) is 18.6. The van der Waals surface area contributed by atoms with Crippen LogP contribution in [0.15, 0.2) is 36.5 Å². The van der Waals surface area contributed by atoms with Gasteiger partial charge in [0, 0.05) is 37.8 Å². The lowest BCUT2D eigenvalue weighted by atomic mass is 10.1. The van der Waals surface area contributed by atoms with E-state index >= 15 is 0 Å². The lowest BCUT2D eigenvalue weighted by molar-refractivity contribution is 0.0732. The molecule has 1 aliphatic heterocycles. The van der Waals surface area contributed by atoms with Gasteiger partial charge < -0.3 is 10.2 Å². The van der Waals surface area contributed by atoms with E-state index in [4.69, 9.17) is 0 Å². The van der Waals surface area contributed by atoms with Crippen LogP contribution in [0.25, 0.3) is 10.8 Å². The molecule has 0 unspecified atom stereocenters. The molecule has 1 fully saturated rings. The van der Waals surface area contributed by atoms with E-state index in [-0.39, 0.29) is 18.3 Å². The molecule has 2 heterocycles. The molecule has 5 heteroatoms. The molecule has 3 rings (SSSR count). The van der Waals surface area contributed by atoms with E-state index in [2.05, 4.69) is 10.3 Å². The zero-order valence-electron chi connectivity index (χ0n) is 10.5. The molecule has 1 amide bonds. The summed E-state index contributed by atoms with van der Waals surface area (Å²) in [6.45, 7) is 3.22. The Kier molecular flexibility index (Phi) is 4.35. The second-order valence-corrected chi connectivity index (χ2v) is 4.42. The van der Waals surface area contributed by atoms with Crippen molar-refractivity contribution in [3.63, 3.8) is 0 Å². The van der Waals surface area contributed by atoms with E-state index in [0.29, 0.717) is 5.69 Å². The Morgan fingerprint density at radius 2 is 1.89 bits per heavy atom. The highest BCUT2D eigenvalue weighted by Crippen LogP contribution is 2.17. The van der Waals surface area contributed by atoms with Crippen molar-refractivity contribution in [2.24, 2.45) is 0 Å². The fourth-order valence-corrected chi connectivity index (χ4v) is 2.31. The number of fused-ring (bicyclic) bond motifs is 1. The summed E-state index contributed by atoms with van der Waals surface area (Å²) in [6.07, 6.45) is 1.71. The van der Waals surface area contributed by atoms with Crippen LogP contribution >= 0.6 is 12.4 Å². The predicted molar refractivity (Wildman–Crippen MR) is 77.8 cm³/mol. The molecule has 2 aromatic rings. The van der Waals surface area contributed by atoms with Crippen molar-refractivity contribution in [3.8, 4) is 0 Å². The molecule has 100 valence electrons. The fourth-order valence-electron chi connectivity index (χ4n) is 2.31. The third-order valence-electron chi connectivity index (χ3n) is 3.28. The second kappa shape index (κ2) is 5.99. The van der Waals surface area contributed by atoms with Crippen LogP contribution in [0.4, 0.5) is 0 Å². The number of aromatic nitrogens is 1. The maximum absolute atomic E-state index is 12.4. The highest BCUT2D eigenvalue weighted by molar-refractivity contribution is 6.05.